The molecule has 6 nitrogen and oxygen atoms in total. The first-order valence-electron chi connectivity index (χ1n) is 12.4. The van der Waals surface area contributed by atoms with Crippen molar-refractivity contribution < 1.29 is 9.59 Å². The lowest BCUT2D eigenvalue weighted by Crippen LogP contribution is -2.30. The van der Waals surface area contributed by atoms with E-state index in [0.29, 0.717) is 17.8 Å². The number of amides is 2. The van der Waals surface area contributed by atoms with E-state index in [1.807, 2.05) is 90.6 Å². The lowest BCUT2D eigenvalue weighted by molar-refractivity contribution is -0.117. The molecule has 6 heteroatoms. The van der Waals surface area contributed by atoms with Gasteiger partial charge in [0.15, 0.2) is 0 Å². The maximum atomic E-state index is 13.4. The molecule has 0 unspecified atom stereocenters. The fourth-order valence-electron chi connectivity index (χ4n) is 4.67. The first kappa shape index (κ1) is 24.3. The molecule has 37 heavy (non-hydrogen) atoms. The third-order valence-corrected chi connectivity index (χ3v) is 6.72. The predicted molar refractivity (Wildman–Crippen MR) is 149 cm³/mol. The van der Waals surface area contributed by atoms with Gasteiger partial charge in [-0.05, 0) is 78.6 Å². The Bertz CT molecular complexity index is 1450. The standard InChI is InChI=1S/C31H30N4O2/c1-21-7-9-22(10-8-21)28-20-26(34(2)3)12-13-27(28)31(37)33-25-11-14-29-23(18-25)15-17-35(29)30(36)19-24-6-4-5-16-32-24/h4-14,16,18,20H,15,17,19H2,1-3H3,(H,33,37). The number of carbonyl (C=O) groups is 2. The summed E-state index contributed by atoms with van der Waals surface area (Å²) in [7, 11) is 3.98. The van der Waals surface area contributed by atoms with Gasteiger partial charge in [-0.3, -0.25) is 14.6 Å². The van der Waals surface area contributed by atoms with Crippen LogP contribution in [0.1, 0.15) is 27.2 Å². The quantitative estimate of drug-likeness (QED) is 0.387. The largest absolute Gasteiger partial charge is 0.378 e. The highest BCUT2D eigenvalue weighted by Gasteiger charge is 2.25. The van der Waals surface area contributed by atoms with E-state index in [9.17, 15) is 9.59 Å². The summed E-state index contributed by atoms with van der Waals surface area (Å²) in [6, 6.07) is 25.5. The van der Waals surface area contributed by atoms with Crippen molar-refractivity contribution in [1.82, 2.24) is 4.98 Å². The van der Waals surface area contributed by atoms with Gasteiger partial charge in [-0.25, -0.2) is 0 Å². The van der Waals surface area contributed by atoms with E-state index in [0.717, 1.165) is 40.2 Å². The Morgan fingerprint density at radius 1 is 0.973 bits per heavy atom. The van der Waals surface area contributed by atoms with Gasteiger partial charge in [0.25, 0.3) is 5.91 Å². The van der Waals surface area contributed by atoms with Crippen LogP contribution in [0, 0.1) is 6.92 Å². The summed E-state index contributed by atoms with van der Waals surface area (Å²) in [5, 5.41) is 3.08. The second kappa shape index (κ2) is 10.3. The molecule has 0 atom stereocenters. The maximum absolute atomic E-state index is 13.4. The van der Waals surface area contributed by atoms with Gasteiger partial charge in [0.05, 0.1) is 6.42 Å². The van der Waals surface area contributed by atoms with Gasteiger partial charge in [0.1, 0.15) is 0 Å². The summed E-state index contributed by atoms with van der Waals surface area (Å²) in [6.07, 6.45) is 2.72. The van der Waals surface area contributed by atoms with Crippen LogP contribution in [0.5, 0.6) is 0 Å². The minimum absolute atomic E-state index is 0.0259. The topological polar surface area (TPSA) is 65.5 Å². The van der Waals surface area contributed by atoms with Crippen LogP contribution in [0.25, 0.3) is 11.1 Å². The van der Waals surface area contributed by atoms with Crippen LogP contribution in [-0.2, 0) is 17.6 Å². The molecule has 0 aliphatic carbocycles. The van der Waals surface area contributed by atoms with Crippen molar-refractivity contribution in [2.45, 2.75) is 19.8 Å². The van der Waals surface area contributed by atoms with Crippen LogP contribution < -0.4 is 15.1 Å². The van der Waals surface area contributed by atoms with Crippen molar-refractivity contribution in [3.63, 3.8) is 0 Å². The molecule has 2 heterocycles. The lowest BCUT2D eigenvalue weighted by Gasteiger charge is -2.18. The Morgan fingerprint density at radius 2 is 1.78 bits per heavy atom. The highest BCUT2D eigenvalue weighted by Crippen LogP contribution is 2.32. The molecule has 3 aromatic carbocycles. The third-order valence-electron chi connectivity index (χ3n) is 6.72. The van der Waals surface area contributed by atoms with E-state index in [2.05, 4.69) is 29.4 Å². The number of anilines is 3. The Morgan fingerprint density at radius 3 is 2.51 bits per heavy atom. The van der Waals surface area contributed by atoms with Crippen LogP contribution in [-0.4, -0.2) is 37.4 Å². The number of benzene rings is 3. The zero-order valence-corrected chi connectivity index (χ0v) is 21.4. The van der Waals surface area contributed by atoms with E-state index >= 15 is 0 Å². The van der Waals surface area contributed by atoms with Crippen LogP contribution in [0.4, 0.5) is 17.1 Å². The van der Waals surface area contributed by atoms with Crippen LogP contribution in [0.15, 0.2) is 85.1 Å². The number of aromatic nitrogens is 1. The van der Waals surface area contributed by atoms with E-state index in [1.165, 1.54) is 5.56 Å². The molecular formula is C31H30N4O2. The number of nitrogens with one attached hydrogen (secondary N) is 1. The molecule has 0 fully saturated rings. The molecule has 0 spiro atoms. The van der Waals surface area contributed by atoms with Gasteiger partial charge in [0, 0.05) is 55.2 Å². The van der Waals surface area contributed by atoms with Crippen molar-refractivity contribution >= 4 is 28.9 Å². The van der Waals surface area contributed by atoms with Crippen molar-refractivity contribution in [3.8, 4) is 11.1 Å². The SMILES string of the molecule is Cc1ccc(-c2cc(N(C)C)ccc2C(=O)Nc2ccc3c(c2)CCN3C(=O)Cc2ccccn2)cc1. The molecule has 1 aromatic heterocycles. The zero-order valence-electron chi connectivity index (χ0n) is 21.4. The van der Waals surface area contributed by atoms with Gasteiger partial charge in [-0.1, -0.05) is 35.9 Å². The van der Waals surface area contributed by atoms with Crippen LogP contribution >= 0.6 is 0 Å². The fraction of sp³-hybridized carbons (Fsp3) is 0.194. The molecule has 0 saturated carbocycles. The summed E-state index contributed by atoms with van der Waals surface area (Å²) in [4.78, 5) is 34.5. The minimum atomic E-state index is -0.165. The van der Waals surface area contributed by atoms with Crippen molar-refractivity contribution in [2.24, 2.45) is 0 Å². The second-order valence-corrected chi connectivity index (χ2v) is 9.58. The van der Waals surface area contributed by atoms with E-state index < -0.39 is 0 Å². The molecule has 5 rings (SSSR count). The molecule has 2 amide bonds. The zero-order chi connectivity index (χ0) is 25.9. The monoisotopic (exact) mass is 490 g/mol. The Balaban J connectivity index is 1.37. The highest BCUT2D eigenvalue weighted by atomic mass is 16.2. The van der Waals surface area contributed by atoms with E-state index in [-0.39, 0.29) is 18.2 Å². The average Bonchev–Trinajstić information content (AvgIpc) is 3.33. The summed E-state index contributed by atoms with van der Waals surface area (Å²) >= 11 is 0. The van der Waals surface area contributed by atoms with E-state index in [4.69, 9.17) is 0 Å². The first-order chi connectivity index (χ1) is 17.9. The smallest absolute Gasteiger partial charge is 0.256 e. The lowest BCUT2D eigenvalue weighted by atomic mass is 9.97. The van der Waals surface area contributed by atoms with Gasteiger partial charge >= 0.3 is 0 Å². The van der Waals surface area contributed by atoms with Gasteiger partial charge in [-0.15, -0.1) is 0 Å². The van der Waals surface area contributed by atoms with Crippen LogP contribution in [0.2, 0.25) is 0 Å². The number of aryl methyl sites for hydroxylation is 1. The summed E-state index contributed by atoms with van der Waals surface area (Å²) in [5.41, 5.74) is 8.12. The van der Waals surface area contributed by atoms with Crippen molar-refractivity contribution in [3.05, 3.63) is 107 Å². The predicted octanol–water partition coefficient (Wildman–Crippen LogP) is 5.51. The van der Waals surface area contributed by atoms with Crippen molar-refractivity contribution in [1.29, 1.82) is 0 Å². The second-order valence-electron chi connectivity index (χ2n) is 9.58. The maximum Gasteiger partial charge on any atom is 0.256 e. The molecule has 186 valence electrons. The summed E-state index contributed by atoms with van der Waals surface area (Å²) in [5.74, 6) is -0.139. The number of pyridine rings is 1. The van der Waals surface area contributed by atoms with Crippen LogP contribution in [0.3, 0.4) is 0 Å². The number of nitrogens with zero attached hydrogens (tertiary/aromatic N) is 3. The normalized spacial score (nSPS) is 12.2. The molecule has 1 aliphatic rings. The average molecular weight is 491 g/mol. The third kappa shape index (κ3) is 5.23. The van der Waals surface area contributed by atoms with E-state index in [1.54, 1.807) is 6.20 Å². The number of hydrogen-bond acceptors (Lipinski definition) is 4. The number of rotatable bonds is 6. The Labute approximate surface area is 217 Å². The fourth-order valence-corrected chi connectivity index (χ4v) is 4.67. The van der Waals surface area contributed by atoms with Gasteiger partial charge in [0.2, 0.25) is 5.91 Å². The minimum Gasteiger partial charge on any atom is -0.378 e. The molecule has 1 aliphatic heterocycles. The number of fused-ring (bicyclic) bond motifs is 1. The highest BCUT2D eigenvalue weighted by molar-refractivity contribution is 6.09. The molecule has 4 aromatic rings. The van der Waals surface area contributed by atoms with Gasteiger partial charge in [-0.2, -0.15) is 0 Å². The summed E-state index contributed by atoms with van der Waals surface area (Å²) < 4.78 is 0. The molecule has 0 radical (unpaired) electrons. The Kier molecular flexibility index (Phi) is 6.73. The molecule has 1 N–H and O–H groups in total. The number of hydrogen-bond donors (Lipinski definition) is 1. The first-order valence-corrected chi connectivity index (χ1v) is 12.4. The Hall–Kier alpha value is -4.45. The molecule has 0 saturated heterocycles. The van der Waals surface area contributed by atoms with Gasteiger partial charge < -0.3 is 15.1 Å². The molecular weight excluding hydrogens is 460 g/mol. The molecule has 0 bridgehead atoms. The number of carbonyl (C=O) groups excluding carboxylic acids is 2. The van der Waals surface area contributed by atoms with Crippen molar-refractivity contribution in [2.75, 3.05) is 35.8 Å². The summed E-state index contributed by atoms with van der Waals surface area (Å²) in [6.45, 7) is 2.68.